The summed E-state index contributed by atoms with van der Waals surface area (Å²) < 4.78 is 4.78. The molecule has 0 aromatic heterocycles. The van der Waals surface area contributed by atoms with Gasteiger partial charge in [0.25, 0.3) is 0 Å². The molecule has 0 unspecified atom stereocenters. The van der Waals surface area contributed by atoms with E-state index in [1.165, 1.54) is 0 Å². The van der Waals surface area contributed by atoms with Gasteiger partial charge < -0.3 is 4.42 Å². The third kappa shape index (κ3) is 1.11. The SMILES string of the molecule is O=c1oc(=O)c2c3c4ccccc4c4ccccc4c3c1=2. The number of fused-ring (bicyclic) bond motifs is 8. The number of hydrogen-bond donors (Lipinski definition) is 0. The first-order chi connectivity index (χ1) is 10.3. The lowest BCUT2D eigenvalue weighted by Gasteiger charge is -2.12. The van der Waals surface area contributed by atoms with E-state index in [0.717, 1.165) is 32.3 Å². The molecule has 3 heteroatoms. The van der Waals surface area contributed by atoms with Gasteiger partial charge in [0, 0.05) is 10.8 Å². The second kappa shape index (κ2) is 3.38. The minimum absolute atomic E-state index is 0.442. The van der Waals surface area contributed by atoms with Gasteiger partial charge in [0.1, 0.15) is 0 Å². The van der Waals surface area contributed by atoms with Crippen molar-refractivity contribution < 1.29 is 4.42 Å². The molecule has 1 heterocycles. The van der Waals surface area contributed by atoms with Crippen molar-refractivity contribution in [2.24, 2.45) is 0 Å². The molecule has 0 saturated heterocycles. The first-order valence-electron chi connectivity index (χ1n) is 6.72. The van der Waals surface area contributed by atoms with Gasteiger partial charge in [-0.3, -0.25) is 0 Å². The summed E-state index contributed by atoms with van der Waals surface area (Å²) in [4.78, 5) is 23.8. The largest absolute Gasteiger partial charge is 0.386 e. The van der Waals surface area contributed by atoms with Gasteiger partial charge in [0.05, 0.1) is 10.4 Å². The van der Waals surface area contributed by atoms with Crippen LogP contribution >= 0.6 is 0 Å². The molecule has 1 aliphatic carbocycles. The zero-order valence-corrected chi connectivity index (χ0v) is 10.8. The fourth-order valence-corrected chi connectivity index (χ4v) is 3.44. The van der Waals surface area contributed by atoms with Crippen LogP contribution in [0.15, 0.2) is 62.5 Å². The molecule has 0 atom stereocenters. The Morgan fingerprint density at radius 2 is 0.952 bits per heavy atom. The van der Waals surface area contributed by atoms with Crippen LogP contribution in [0.25, 0.3) is 32.3 Å². The summed E-state index contributed by atoms with van der Waals surface area (Å²) in [6.07, 6.45) is 0. The maximum atomic E-state index is 11.9. The Morgan fingerprint density at radius 3 is 1.38 bits per heavy atom. The van der Waals surface area contributed by atoms with Crippen LogP contribution in [0, 0.1) is 10.4 Å². The fourth-order valence-electron chi connectivity index (χ4n) is 3.44. The second-order valence-electron chi connectivity index (χ2n) is 5.27. The average Bonchev–Trinajstić information content (AvgIpc) is 2.70. The van der Waals surface area contributed by atoms with Crippen molar-refractivity contribution in [3.8, 4) is 0 Å². The van der Waals surface area contributed by atoms with E-state index in [4.69, 9.17) is 4.42 Å². The predicted octanol–water partition coefficient (Wildman–Crippen LogP) is 3.06. The Balaban J connectivity index is 2.34. The molecule has 0 bridgehead atoms. The number of hydrogen-bond acceptors (Lipinski definition) is 3. The van der Waals surface area contributed by atoms with Gasteiger partial charge in [-0.05, 0) is 21.5 Å². The zero-order valence-electron chi connectivity index (χ0n) is 10.8. The molecule has 3 nitrogen and oxygen atoms in total. The van der Waals surface area contributed by atoms with E-state index in [-0.39, 0.29) is 0 Å². The molecule has 2 aliphatic rings. The Bertz CT molecular complexity index is 1210. The van der Waals surface area contributed by atoms with Crippen LogP contribution in [0.4, 0.5) is 0 Å². The maximum absolute atomic E-state index is 11.9. The quantitative estimate of drug-likeness (QED) is 0.407. The highest BCUT2D eigenvalue weighted by molar-refractivity contribution is 6.27. The van der Waals surface area contributed by atoms with Crippen molar-refractivity contribution in [3.05, 3.63) is 79.8 Å². The van der Waals surface area contributed by atoms with E-state index in [9.17, 15) is 9.59 Å². The molecule has 5 rings (SSSR count). The summed E-state index contributed by atoms with van der Waals surface area (Å²) in [5.74, 6) is 0. The van der Waals surface area contributed by atoms with Gasteiger partial charge in [0.15, 0.2) is 0 Å². The molecule has 1 aliphatic heterocycles. The smallest absolute Gasteiger partial charge is 0.347 e. The van der Waals surface area contributed by atoms with Crippen LogP contribution in [0.3, 0.4) is 0 Å². The predicted molar refractivity (Wildman–Crippen MR) is 81.4 cm³/mol. The van der Waals surface area contributed by atoms with Crippen LogP contribution < -0.4 is 11.3 Å². The van der Waals surface area contributed by atoms with E-state index in [1.807, 2.05) is 48.5 Å². The maximum Gasteiger partial charge on any atom is 0.347 e. The molecular weight excluding hydrogens is 264 g/mol. The molecule has 0 spiro atoms. The molecule has 0 saturated carbocycles. The Hall–Kier alpha value is -2.94. The number of benzene rings is 3. The fraction of sp³-hybridized carbons (Fsp3) is 0. The highest BCUT2D eigenvalue weighted by Crippen LogP contribution is 2.37. The molecular formula is C18H8O3. The topological polar surface area (TPSA) is 47.3 Å². The first-order valence-corrected chi connectivity index (χ1v) is 6.72. The lowest BCUT2D eigenvalue weighted by atomic mass is 9.89. The van der Waals surface area contributed by atoms with Gasteiger partial charge >= 0.3 is 11.3 Å². The van der Waals surface area contributed by atoms with Gasteiger partial charge in [-0.2, -0.15) is 0 Å². The van der Waals surface area contributed by atoms with Crippen molar-refractivity contribution in [2.45, 2.75) is 0 Å². The summed E-state index contributed by atoms with van der Waals surface area (Å²) in [5.41, 5.74) is -1.05. The highest BCUT2D eigenvalue weighted by atomic mass is 16.4. The summed E-state index contributed by atoms with van der Waals surface area (Å²) >= 11 is 0. The van der Waals surface area contributed by atoms with Gasteiger partial charge in [-0.15, -0.1) is 0 Å². The average molecular weight is 272 g/mol. The lowest BCUT2D eigenvalue weighted by Crippen LogP contribution is -2.01. The van der Waals surface area contributed by atoms with Crippen LogP contribution in [0.2, 0.25) is 0 Å². The normalized spacial score (nSPS) is 12.2. The summed E-state index contributed by atoms with van der Waals surface area (Å²) in [6, 6.07) is 15.9. The van der Waals surface area contributed by atoms with E-state index in [0.29, 0.717) is 10.4 Å². The summed E-state index contributed by atoms with van der Waals surface area (Å²) in [6.45, 7) is 0. The Kier molecular flexibility index (Phi) is 1.74. The van der Waals surface area contributed by atoms with Crippen molar-refractivity contribution in [2.75, 3.05) is 0 Å². The Labute approximate surface area is 117 Å². The first kappa shape index (κ1) is 10.8. The molecule has 0 N–H and O–H groups in total. The zero-order chi connectivity index (χ0) is 14.1. The van der Waals surface area contributed by atoms with E-state index < -0.39 is 11.3 Å². The minimum atomic E-state index is -0.525. The third-order valence-electron chi connectivity index (χ3n) is 4.28. The van der Waals surface area contributed by atoms with Crippen molar-refractivity contribution in [1.29, 1.82) is 0 Å². The molecule has 98 valence electrons. The number of rotatable bonds is 0. The third-order valence-corrected chi connectivity index (χ3v) is 4.28. The second-order valence-corrected chi connectivity index (χ2v) is 5.27. The molecule has 3 aromatic rings. The van der Waals surface area contributed by atoms with E-state index >= 15 is 0 Å². The Morgan fingerprint density at radius 1 is 0.571 bits per heavy atom. The van der Waals surface area contributed by atoms with E-state index in [1.54, 1.807) is 0 Å². The van der Waals surface area contributed by atoms with Gasteiger partial charge in [-0.1, -0.05) is 48.5 Å². The van der Waals surface area contributed by atoms with Crippen LogP contribution in [0.1, 0.15) is 0 Å². The van der Waals surface area contributed by atoms with Crippen LogP contribution in [-0.4, -0.2) is 0 Å². The van der Waals surface area contributed by atoms with Crippen molar-refractivity contribution >= 4 is 32.3 Å². The van der Waals surface area contributed by atoms with Gasteiger partial charge in [-0.25, -0.2) is 9.59 Å². The van der Waals surface area contributed by atoms with Gasteiger partial charge in [0.2, 0.25) is 0 Å². The standard InChI is InChI=1S/C18H8O3/c19-17-15-13-11-7-3-1-5-9(11)10-6-2-4-8-12(10)14(13)16(15)18(20)21-17/h1-8H. The molecule has 0 fully saturated rings. The van der Waals surface area contributed by atoms with Crippen LogP contribution in [0.5, 0.6) is 0 Å². The summed E-state index contributed by atoms with van der Waals surface area (Å²) in [5, 5.41) is 6.77. The molecule has 0 amide bonds. The van der Waals surface area contributed by atoms with E-state index in [2.05, 4.69) is 0 Å². The minimum Gasteiger partial charge on any atom is -0.386 e. The lowest BCUT2D eigenvalue weighted by molar-refractivity contribution is 0.490. The molecule has 3 aromatic carbocycles. The van der Waals surface area contributed by atoms with Crippen LogP contribution in [-0.2, 0) is 0 Å². The monoisotopic (exact) mass is 272 g/mol. The molecule has 21 heavy (non-hydrogen) atoms. The van der Waals surface area contributed by atoms with Crippen molar-refractivity contribution in [3.63, 3.8) is 0 Å². The highest BCUT2D eigenvalue weighted by Gasteiger charge is 2.21. The molecule has 0 radical (unpaired) electrons. The van der Waals surface area contributed by atoms with Crippen molar-refractivity contribution in [1.82, 2.24) is 0 Å². The summed E-state index contributed by atoms with van der Waals surface area (Å²) in [7, 11) is 0.